The summed E-state index contributed by atoms with van der Waals surface area (Å²) in [4.78, 5) is 20.8. The Bertz CT molecular complexity index is 977. The number of fused-ring (bicyclic) bond motifs is 2. The fourth-order valence-corrected chi connectivity index (χ4v) is 4.74. The SMILES string of the molecule is Cc1csc2c1C(N1CCN(CC(C)(C)C(=O)O)CC1)=Nc1ccc(F)cc1N2. The third-order valence-electron chi connectivity index (χ3n) is 5.50. The second-order valence-corrected chi connectivity index (χ2v) is 9.18. The quantitative estimate of drug-likeness (QED) is 0.790. The molecule has 1 fully saturated rings. The lowest BCUT2D eigenvalue weighted by molar-refractivity contribution is -0.148. The number of anilines is 2. The number of rotatable bonds is 3. The minimum atomic E-state index is -0.776. The van der Waals surface area contributed by atoms with Crippen molar-refractivity contribution < 1.29 is 14.3 Å². The molecule has 2 N–H and O–H groups in total. The van der Waals surface area contributed by atoms with Crippen LogP contribution in [-0.4, -0.2) is 59.4 Å². The van der Waals surface area contributed by atoms with Crippen molar-refractivity contribution >= 4 is 39.5 Å². The molecular weight excluding hydrogens is 391 g/mol. The maximum absolute atomic E-state index is 13.8. The second-order valence-electron chi connectivity index (χ2n) is 8.30. The van der Waals surface area contributed by atoms with E-state index in [0.717, 1.165) is 53.8 Å². The van der Waals surface area contributed by atoms with E-state index in [9.17, 15) is 14.3 Å². The van der Waals surface area contributed by atoms with Gasteiger partial charge in [0, 0.05) is 32.7 Å². The molecule has 0 aliphatic carbocycles. The molecular formula is C21H25FN4O2S. The Hall–Kier alpha value is -2.45. The Labute approximate surface area is 173 Å². The molecule has 1 saturated heterocycles. The van der Waals surface area contributed by atoms with Gasteiger partial charge in [-0.3, -0.25) is 9.69 Å². The number of benzene rings is 1. The molecule has 0 spiro atoms. The first-order valence-corrected chi connectivity index (χ1v) is 10.6. The molecule has 0 amide bonds. The second kappa shape index (κ2) is 7.42. The first-order chi connectivity index (χ1) is 13.7. The molecule has 2 aliphatic heterocycles. The number of amidine groups is 1. The Morgan fingerprint density at radius 3 is 2.72 bits per heavy atom. The third kappa shape index (κ3) is 3.86. The van der Waals surface area contributed by atoms with E-state index in [0.29, 0.717) is 12.2 Å². The predicted octanol–water partition coefficient (Wildman–Crippen LogP) is 4.06. The fourth-order valence-electron chi connectivity index (χ4n) is 3.79. The Morgan fingerprint density at radius 2 is 2.03 bits per heavy atom. The maximum Gasteiger partial charge on any atom is 0.310 e. The molecule has 2 aromatic rings. The molecule has 0 unspecified atom stereocenters. The average molecular weight is 417 g/mol. The van der Waals surface area contributed by atoms with Crippen molar-refractivity contribution in [1.82, 2.24) is 9.80 Å². The third-order valence-corrected chi connectivity index (χ3v) is 6.51. The lowest BCUT2D eigenvalue weighted by Crippen LogP contribution is -2.52. The van der Waals surface area contributed by atoms with Gasteiger partial charge in [0.25, 0.3) is 0 Å². The summed E-state index contributed by atoms with van der Waals surface area (Å²) in [6, 6.07) is 4.61. The van der Waals surface area contributed by atoms with Crippen LogP contribution in [0.15, 0.2) is 28.6 Å². The van der Waals surface area contributed by atoms with Gasteiger partial charge in [0.1, 0.15) is 16.7 Å². The van der Waals surface area contributed by atoms with Crippen molar-refractivity contribution in [1.29, 1.82) is 0 Å². The highest BCUT2D eigenvalue weighted by atomic mass is 32.1. The zero-order valence-corrected chi connectivity index (χ0v) is 17.6. The molecule has 0 radical (unpaired) electrons. The zero-order chi connectivity index (χ0) is 20.8. The molecule has 154 valence electrons. The number of carbonyl (C=O) groups is 1. The smallest absolute Gasteiger partial charge is 0.310 e. The summed E-state index contributed by atoms with van der Waals surface area (Å²) in [7, 11) is 0. The average Bonchev–Trinajstić information content (AvgIpc) is 2.93. The van der Waals surface area contributed by atoms with Gasteiger partial charge >= 0.3 is 5.97 Å². The number of hydrogen-bond donors (Lipinski definition) is 2. The van der Waals surface area contributed by atoms with Crippen LogP contribution in [0.4, 0.5) is 20.8 Å². The largest absolute Gasteiger partial charge is 0.481 e. The summed E-state index contributed by atoms with van der Waals surface area (Å²) in [6.07, 6.45) is 0. The van der Waals surface area contributed by atoms with Crippen LogP contribution in [-0.2, 0) is 4.79 Å². The van der Waals surface area contributed by atoms with E-state index in [1.54, 1.807) is 31.3 Å². The molecule has 29 heavy (non-hydrogen) atoms. The van der Waals surface area contributed by atoms with Gasteiger partial charge in [0.15, 0.2) is 0 Å². The van der Waals surface area contributed by atoms with E-state index in [-0.39, 0.29) is 5.82 Å². The molecule has 8 heteroatoms. The molecule has 6 nitrogen and oxygen atoms in total. The Balaban J connectivity index is 1.60. The number of hydrogen-bond acceptors (Lipinski definition) is 6. The number of nitrogens with one attached hydrogen (secondary N) is 1. The molecule has 2 aliphatic rings. The van der Waals surface area contributed by atoms with Crippen LogP contribution in [0.5, 0.6) is 0 Å². The number of carboxylic acids is 1. The predicted molar refractivity (Wildman–Crippen MR) is 114 cm³/mol. The first-order valence-electron chi connectivity index (χ1n) is 9.69. The van der Waals surface area contributed by atoms with Crippen LogP contribution in [0.2, 0.25) is 0 Å². The minimum Gasteiger partial charge on any atom is -0.481 e. The van der Waals surface area contributed by atoms with E-state index in [4.69, 9.17) is 4.99 Å². The number of carboxylic acid groups (broad SMARTS) is 1. The summed E-state index contributed by atoms with van der Waals surface area (Å²) in [5.74, 6) is -0.172. The van der Waals surface area contributed by atoms with E-state index in [2.05, 4.69) is 27.4 Å². The number of nitrogens with zero attached hydrogens (tertiary/aromatic N) is 3. The van der Waals surface area contributed by atoms with E-state index < -0.39 is 11.4 Å². The van der Waals surface area contributed by atoms with Gasteiger partial charge in [0.05, 0.1) is 22.4 Å². The van der Waals surface area contributed by atoms with Crippen molar-refractivity contribution in [3.05, 3.63) is 40.5 Å². The standard InChI is InChI=1S/C21H25FN4O2S/c1-13-11-29-19-17(13)18(23-15-5-4-14(22)10-16(15)24-19)26-8-6-25(7-9-26)12-21(2,3)20(27)28/h4-5,10-11,24H,6-9,12H2,1-3H3,(H,27,28). The van der Waals surface area contributed by atoms with Crippen LogP contribution >= 0.6 is 11.3 Å². The van der Waals surface area contributed by atoms with Crippen LogP contribution in [0, 0.1) is 18.2 Å². The summed E-state index contributed by atoms with van der Waals surface area (Å²) in [5.41, 5.74) is 2.82. The van der Waals surface area contributed by atoms with Crippen molar-refractivity contribution in [2.24, 2.45) is 10.4 Å². The van der Waals surface area contributed by atoms with Crippen LogP contribution < -0.4 is 5.32 Å². The summed E-state index contributed by atoms with van der Waals surface area (Å²) >= 11 is 1.60. The number of aliphatic imine (C=N–C) groups is 1. The maximum atomic E-state index is 13.8. The van der Waals surface area contributed by atoms with Gasteiger partial charge in [-0.2, -0.15) is 0 Å². The summed E-state index contributed by atoms with van der Waals surface area (Å²) in [5, 5.41) is 15.8. The highest BCUT2D eigenvalue weighted by molar-refractivity contribution is 7.14. The fraction of sp³-hybridized carbons (Fsp3) is 0.429. The van der Waals surface area contributed by atoms with Gasteiger partial charge in [-0.05, 0) is 49.9 Å². The van der Waals surface area contributed by atoms with E-state index >= 15 is 0 Å². The van der Waals surface area contributed by atoms with Crippen molar-refractivity contribution in [3.8, 4) is 0 Å². The number of aliphatic carboxylic acids is 1. The van der Waals surface area contributed by atoms with Crippen molar-refractivity contribution in [2.75, 3.05) is 38.0 Å². The molecule has 0 atom stereocenters. The first kappa shape index (κ1) is 19.8. The number of piperazine rings is 1. The van der Waals surface area contributed by atoms with Crippen LogP contribution in [0.25, 0.3) is 0 Å². The van der Waals surface area contributed by atoms with E-state index in [1.807, 2.05) is 0 Å². The monoisotopic (exact) mass is 416 g/mol. The molecule has 1 aromatic carbocycles. The zero-order valence-electron chi connectivity index (χ0n) is 16.8. The van der Waals surface area contributed by atoms with Gasteiger partial charge < -0.3 is 15.3 Å². The molecule has 0 saturated carbocycles. The molecule has 4 rings (SSSR count). The number of halogens is 1. The molecule has 3 heterocycles. The van der Waals surface area contributed by atoms with Gasteiger partial charge in [-0.1, -0.05) is 0 Å². The minimum absolute atomic E-state index is 0.292. The summed E-state index contributed by atoms with van der Waals surface area (Å²) < 4.78 is 13.8. The lowest BCUT2D eigenvalue weighted by Gasteiger charge is -2.39. The van der Waals surface area contributed by atoms with Crippen LogP contribution in [0.1, 0.15) is 25.0 Å². The van der Waals surface area contributed by atoms with E-state index in [1.165, 1.54) is 12.1 Å². The lowest BCUT2D eigenvalue weighted by atomic mass is 9.93. The van der Waals surface area contributed by atoms with Crippen molar-refractivity contribution in [2.45, 2.75) is 20.8 Å². The Morgan fingerprint density at radius 1 is 1.31 bits per heavy atom. The topological polar surface area (TPSA) is 68.2 Å². The number of aryl methyl sites for hydroxylation is 1. The molecule has 1 aromatic heterocycles. The highest BCUT2D eigenvalue weighted by Gasteiger charge is 2.33. The highest BCUT2D eigenvalue weighted by Crippen LogP contribution is 2.39. The van der Waals surface area contributed by atoms with Crippen LogP contribution in [0.3, 0.4) is 0 Å². The summed E-state index contributed by atoms with van der Waals surface area (Å²) in [6.45, 7) is 9.19. The Kier molecular flexibility index (Phi) is 5.08. The van der Waals surface area contributed by atoms with Gasteiger partial charge in [-0.25, -0.2) is 9.38 Å². The molecule has 0 bridgehead atoms. The normalized spacial score (nSPS) is 17.1. The van der Waals surface area contributed by atoms with Crippen molar-refractivity contribution in [3.63, 3.8) is 0 Å². The van der Waals surface area contributed by atoms with Gasteiger partial charge in [-0.15, -0.1) is 11.3 Å². The number of thiophene rings is 1. The van der Waals surface area contributed by atoms with Gasteiger partial charge in [0.2, 0.25) is 0 Å².